The largest absolute Gasteiger partial charge is 0.491 e. The number of hydrogen-bond donors (Lipinski definition) is 0. The number of ether oxygens (including phenoxy) is 2. The van der Waals surface area contributed by atoms with Gasteiger partial charge in [0.05, 0.1) is 19.3 Å². The molecule has 4 heteroatoms. The number of halogens is 2. The lowest BCUT2D eigenvalue weighted by Gasteiger charge is -2.41. The summed E-state index contributed by atoms with van der Waals surface area (Å²) >= 11 is 0. The molecular formula is C30H46F2O2. The van der Waals surface area contributed by atoms with Gasteiger partial charge in [-0.15, -0.1) is 0 Å². The van der Waals surface area contributed by atoms with Crippen molar-refractivity contribution < 1.29 is 18.3 Å². The van der Waals surface area contributed by atoms with E-state index < -0.39 is 11.6 Å². The quantitative estimate of drug-likeness (QED) is 0.331. The number of hydrogen-bond acceptors (Lipinski definition) is 2. The van der Waals surface area contributed by atoms with E-state index in [1.54, 1.807) is 13.0 Å². The molecule has 0 unspecified atom stereocenters. The Balaban J connectivity index is 1.19. The second kappa shape index (κ2) is 12.7. The molecule has 3 aliphatic rings. The second-order valence-corrected chi connectivity index (χ2v) is 11.3. The van der Waals surface area contributed by atoms with Crippen molar-refractivity contribution in [1.29, 1.82) is 0 Å². The summed E-state index contributed by atoms with van der Waals surface area (Å²) in [4.78, 5) is 0. The monoisotopic (exact) mass is 476 g/mol. The Hall–Kier alpha value is -1.16. The number of unbranched alkanes of at least 4 members (excludes halogenated alkanes) is 2. The highest BCUT2D eigenvalue weighted by molar-refractivity contribution is 5.32. The Morgan fingerprint density at radius 1 is 0.765 bits per heavy atom. The van der Waals surface area contributed by atoms with Crippen LogP contribution >= 0.6 is 0 Å². The van der Waals surface area contributed by atoms with Crippen LogP contribution in [0.5, 0.6) is 5.75 Å². The molecule has 2 saturated carbocycles. The van der Waals surface area contributed by atoms with E-state index in [9.17, 15) is 8.78 Å². The zero-order chi connectivity index (χ0) is 23.9. The van der Waals surface area contributed by atoms with Gasteiger partial charge in [-0.05, 0) is 100 Å². The molecule has 0 bridgehead atoms. The summed E-state index contributed by atoms with van der Waals surface area (Å²) in [5, 5.41) is 0. The highest BCUT2D eigenvalue weighted by Gasteiger charge is 2.36. The molecule has 1 aromatic rings. The fourth-order valence-corrected chi connectivity index (χ4v) is 7.17. The van der Waals surface area contributed by atoms with Crippen molar-refractivity contribution in [3.05, 3.63) is 29.3 Å². The molecule has 0 amide bonds. The standard InChI is InChI=1S/C30H46F2O2/c1-3-5-6-7-21-8-10-22(11-9-21)23-12-14-24(15-13-23)25-16-18-27(34-20-25)26-17-19-28(33-4-2)30(32)29(26)31/h17,19,21-25,27H,3-16,18,20H2,1-2H3/t21?,22?,23?,24?,25-,27+/m1/s1. The van der Waals surface area contributed by atoms with Gasteiger partial charge in [0.2, 0.25) is 5.82 Å². The van der Waals surface area contributed by atoms with Crippen molar-refractivity contribution in [2.24, 2.45) is 29.6 Å². The molecule has 192 valence electrons. The first-order chi connectivity index (χ1) is 16.6. The lowest BCUT2D eigenvalue weighted by atomic mass is 9.66. The first-order valence-corrected chi connectivity index (χ1v) is 14.3. The first-order valence-electron chi connectivity index (χ1n) is 14.3. The molecule has 1 heterocycles. The summed E-state index contributed by atoms with van der Waals surface area (Å²) in [5.41, 5.74) is 0.341. The van der Waals surface area contributed by atoms with Gasteiger partial charge in [-0.2, -0.15) is 4.39 Å². The van der Waals surface area contributed by atoms with Gasteiger partial charge >= 0.3 is 0 Å². The van der Waals surface area contributed by atoms with E-state index in [-0.39, 0.29) is 11.9 Å². The number of benzene rings is 1. The molecule has 4 rings (SSSR count). The van der Waals surface area contributed by atoms with Crippen LogP contribution < -0.4 is 4.74 Å². The van der Waals surface area contributed by atoms with E-state index in [1.165, 1.54) is 83.1 Å². The Morgan fingerprint density at radius 3 is 1.97 bits per heavy atom. The molecule has 3 fully saturated rings. The van der Waals surface area contributed by atoms with Crippen molar-refractivity contribution >= 4 is 0 Å². The Kier molecular flexibility index (Phi) is 9.68. The third-order valence-electron chi connectivity index (χ3n) is 9.29. The van der Waals surface area contributed by atoms with Crippen molar-refractivity contribution in [3.63, 3.8) is 0 Å². The minimum absolute atomic E-state index is 0.0147. The fraction of sp³-hybridized carbons (Fsp3) is 0.800. The summed E-state index contributed by atoms with van der Waals surface area (Å²) in [6.45, 7) is 5.06. The van der Waals surface area contributed by atoms with Gasteiger partial charge < -0.3 is 9.47 Å². The predicted octanol–water partition coefficient (Wildman–Crippen LogP) is 9.02. The van der Waals surface area contributed by atoms with Gasteiger partial charge in [-0.1, -0.05) is 45.4 Å². The van der Waals surface area contributed by atoms with Crippen LogP contribution in [0.4, 0.5) is 8.78 Å². The van der Waals surface area contributed by atoms with Gasteiger partial charge in [0.25, 0.3) is 0 Å². The third-order valence-corrected chi connectivity index (χ3v) is 9.29. The van der Waals surface area contributed by atoms with Gasteiger partial charge in [0.1, 0.15) is 0 Å². The maximum atomic E-state index is 14.6. The Morgan fingerprint density at radius 2 is 1.38 bits per heavy atom. The zero-order valence-corrected chi connectivity index (χ0v) is 21.5. The van der Waals surface area contributed by atoms with E-state index in [4.69, 9.17) is 9.47 Å². The summed E-state index contributed by atoms with van der Waals surface area (Å²) in [5.74, 6) is 2.50. The maximum Gasteiger partial charge on any atom is 0.200 e. The average Bonchev–Trinajstić information content (AvgIpc) is 2.88. The normalized spacial score (nSPS) is 32.5. The van der Waals surface area contributed by atoms with Crippen LogP contribution in [0.1, 0.15) is 115 Å². The number of rotatable bonds is 9. The highest BCUT2D eigenvalue weighted by Crippen LogP contribution is 2.46. The van der Waals surface area contributed by atoms with Crippen molar-refractivity contribution in [1.82, 2.24) is 0 Å². The highest BCUT2D eigenvalue weighted by atomic mass is 19.2. The third kappa shape index (κ3) is 6.33. The molecule has 1 aliphatic heterocycles. The van der Waals surface area contributed by atoms with E-state index in [1.807, 2.05) is 0 Å². The Bertz CT molecular complexity index is 742. The molecule has 2 aliphatic carbocycles. The van der Waals surface area contributed by atoms with E-state index >= 15 is 0 Å². The lowest BCUT2D eigenvalue weighted by molar-refractivity contribution is -0.0437. The van der Waals surface area contributed by atoms with Crippen LogP contribution in [0.25, 0.3) is 0 Å². The summed E-state index contributed by atoms with van der Waals surface area (Å²) in [7, 11) is 0. The van der Waals surface area contributed by atoms with Gasteiger partial charge in [-0.25, -0.2) is 4.39 Å². The van der Waals surface area contributed by atoms with Gasteiger partial charge in [-0.3, -0.25) is 0 Å². The molecular weight excluding hydrogens is 430 g/mol. The molecule has 1 saturated heterocycles. The van der Waals surface area contributed by atoms with E-state index in [0.29, 0.717) is 24.7 Å². The van der Waals surface area contributed by atoms with E-state index in [0.717, 1.165) is 36.5 Å². The SMILES string of the molecule is CCCCCC1CCC(C2CCC([C@@H]3CC[C@@H](c4ccc(OCC)c(F)c4F)OC3)CC2)CC1. The minimum Gasteiger partial charge on any atom is -0.491 e. The summed E-state index contributed by atoms with van der Waals surface area (Å²) in [6, 6.07) is 3.17. The molecule has 2 nitrogen and oxygen atoms in total. The molecule has 2 atom stereocenters. The zero-order valence-electron chi connectivity index (χ0n) is 21.5. The Labute approximate surface area is 206 Å². The van der Waals surface area contributed by atoms with E-state index in [2.05, 4.69) is 6.92 Å². The van der Waals surface area contributed by atoms with Crippen molar-refractivity contribution in [2.75, 3.05) is 13.2 Å². The molecule has 0 radical (unpaired) electrons. The minimum atomic E-state index is -0.890. The van der Waals surface area contributed by atoms with Crippen LogP contribution in [-0.4, -0.2) is 13.2 Å². The maximum absolute atomic E-state index is 14.6. The average molecular weight is 477 g/mol. The van der Waals surface area contributed by atoms with Gasteiger partial charge in [0, 0.05) is 5.56 Å². The molecule has 34 heavy (non-hydrogen) atoms. The molecule has 0 N–H and O–H groups in total. The summed E-state index contributed by atoms with van der Waals surface area (Å²) in [6.07, 6.45) is 18.4. The molecule has 0 spiro atoms. The molecule has 1 aromatic carbocycles. The van der Waals surface area contributed by atoms with Crippen molar-refractivity contribution in [3.8, 4) is 5.75 Å². The van der Waals surface area contributed by atoms with Crippen molar-refractivity contribution in [2.45, 2.75) is 110 Å². The topological polar surface area (TPSA) is 18.5 Å². The lowest BCUT2D eigenvalue weighted by Crippen LogP contribution is -2.32. The second-order valence-electron chi connectivity index (χ2n) is 11.3. The predicted molar refractivity (Wildman–Crippen MR) is 134 cm³/mol. The van der Waals surface area contributed by atoms with Crippen LogP contribution in [0, 0.1) is 41.2 Å². The fourth-order valence-electron chi connectivity index (χ4n) is 7.17. The van der Waals surface area contributed by atoms with Crippen LogP contribution in [0.15, 0.2) is 12.1 Å². The van der Waals surface area contributed by atoms with Crippen LogP contribution in [0.2, 0.25) is 0 Å². The van der Waals surface area contributed by atoms with Crippen LogP contribution in [0.3, 0.4) is 0 Å². The smallest absolute Gasteiger partial charge is 0.200 e. The van der Waals surface area contributed by atoms with Crippen LogP contribution in [-0.2, 0) is 4.74 Å². The summed E-state index contributed by atoms with van der Waals surface area (Å²) < 4.78 is 40.2. The van der Waals surface area contributed by atoms with Gasteiger partial charge in [0.15, 0.2) is 11.6 Å². The first kappa shape index (κ1) is 25.9. The molecule has 0 aromatic heterocycles.